The molecule has 0 saturated heterocycles. The monoisotopic (exact) mass is 285 g/mol. The van der Waals surface area contributed by atoms with Crippen molar-refractivity contribution in [2.24, 2.45) is 0 Å². The summed E-state index contributed by atoms with van der Waals surface area (Å²) in [6.07, 6.45) is 2.03. The maximum absolute atomic E-state index is 12.1. The van der Waals surface area contributed by atoms with Gasteiger partial charge in [-0.15, -0.1) is 0 Å². The predicted octanol–water partition coefficient (Wildman–Crippen LogP) is 2.43. The lowest BCUT2D eigenvalue weighted by atomic mass is 9.91. The number of methoxy groups -OCH3 is 1. The number of hydrogen-bond donors (Lipinski definition) is 1. The minimum atomic E-state index is -2.86. The zero-order valence-electron chi connectivity index (χ0n) is 11.4. The molecule has 2 rings (SSSR count). The molecule has 1 aliphatic rings. The average Bonchev–Trinajstić information content (AvgIpc) is 3.21. The van der Waals surface area contributed by atoms with Crippen molar-refractivity contribution >= 4 is 5.97 Å². The Bertz CT molecular complexity index is 474. The third kappa shape index (κ3) is 3.25. The number of esters is 1. The summed E-state index contributed by atoms with van der Waals surface area (Å²) >= 11 is 0. The van der Waals surface area contributed by atoms with Gasteiger partial charge < -0.3 is 9.47 Å². The Morgan fingerprint density at radius 1 is 1.35 bits per heavy atom. The SMILES string of the molecule is COC(=O)C(C)(NC1CC1)c1ccc(OC(F)F)cc1. The third-order valence-corrected chi connectivity index (χ3v) is 3.32. The molecule has 1 fully saturated rings. The topological polar surface area (TPSA) is 47.6 Å². The second-order valence-corrected chi connectivity index (χ2v) is 4.94. The van der Waals surface area contributed by atoms with E-state index in [2.05, 4.69) is 10.1 Å². The highest BCUT2D eigenvalue weighted by Crippen LogP contribution is 2.30. The number of halogens is 2. The summed E-state index contributed by atoms with van der Waals surface area (Å²) in [5.74, 6) is -0.352. The first-order valence-corrected chi connectivity index (χ1v) is 6.37. The van der Waals surface area contributed by atoms with Gasteiger partial charge in [-0.3, -0.25) is 5.32 Å². The van der Waals surface area contributed by atoms with Crippen molar-refractivity contribution in [1.82, 2.24) is 5.32 Å². The molecule has 0 spiro atoms. The number of carbonyl (C=O) groups excluding carboxylic acids is 1. The molecule has 110 valence electrons. The van der Waals surface area contributed by atoms with E-state index in [0.29, 0.717) is 5.56 Å². The van der Waals surface area contributed by atoms with Crippen LogP contribution < -0.4 is 10.1 Å². The van der Waals surface area contributed by atoms with E-state index in [1.807, 2.05) is 0 Å². The zero-order chi connectivity index (χ0) is 14.8. The van der Waals surface area contributed by atoms with Crippen LogP contribution in [0.25, 0.3) is 0 Å². The second kappa shape index (κ2) is 5.75. The Labute approximate surface area is 116 Å². The molecule has 0 heterocycles. The highest BCUT2D eigenvalue weighted by molar-refractivity contribution is 5.82. The van der Waals surface area contributed by atoms with Gasteiger partial charge in [-0.1, -0.05) is 12.1 Å². The van der Waals surface area contributed by atoms with Crippen LogP contribution in [0.5, 0.6) is 5.75 Å². The molecular formula is C14H17F2NO3. The van der Waals surface area contributed by atoms with E-state index in [1.54, 1.807) is 19.1 Å². The molecule has 4 nitrogen and oxygen atoms in total. The molecule has 1 atom stereocenters. The summed E-state index contributed by atoms with van der Waals surface area (Å²) in [5.41, 5.74) is -0.336. The van der Waals surface area contributed by atoms with Crippen molar-refractivity contribution < 1.29 is 23.0 Å². The van der Waals surface area contributed by atoms with E-state index in [1.165, 1.54) is 19.2 Å². The largest absolute Gasteiger partial charge is 0.467 e. The number of hydrogen-bond acceptors (Lipinski definition) is 4. The molecule has 20 heavy (non-hydrogen) atoms. The van der Waals surface area contributed by atoms with Crippen molar-refractivity contribution in [3.63, 3.8) is 0 Å². The molecule has 1 aromatic carbocycles. The number of nitrogens with one attached hydrogen (secondary N) is 1. The van der Waals surface area contributed by atoms with Crippen LogP contribution in [0.15, 0.2) is 24.3 Å². The normalized spacial score (nSPS) is 17.6. The summed E-state index contributed by atoms with van der Waals surface area (Å²) in [5, 5.41) is 3.23. The van der Waals surface area contributed by atoms with Gasteiger partial charge in [0.05, 0.1) is 7.11 Å². The van der Waals surface area contributed by atoms with Gasteiger partial charge in [0.25, 0.3) is 0 Å². The Morgan fingerprint density at radius 3 is 2.40 bits per heavy atom. The first kappa shape index (κ1) is 14.7. The fraction of sp³-hybridized carbons (Fsp3) is 0.500. The second-order valence-electron chi connectivity index (χ2n) is 4.94. The van der Waals surface area contributed by atoms with Crippen LogP contribution in [0.2, 0.25) is 0 Å². The van der Waals surface area contributed by atoms with Gasteiger partial charge in [-0.25, -0.2) is 4.79 Å². The Hall–Kier alpha value is -1.69. The van der Waals surface area contributed by atoms with E-state index in [-0.39, 0.29) is 11.8 Å². The number of alkyl halides is 2. The highest BCUT2D eigenvalue weighted by atomic mass is 19.3. The lowest BCUT2D eigenvalue weighted by Gasteiger charge is -2.28. The van der Waals surface area contributed by atoms with Gasteiger partial charge in [0.1, 0.15) is 11.3 Å². The molecule has 1 aromatic rings. The van der Waals surface area contributed by atoms with Crippen molar-refractivity contribution in [1.29, 1.82) is 0 Å². The van der Waals surface area contributed by atoms with E-state index < -0.39 is 18.1 Å². The van der Waals surface area contributed by atoms with E-state index in [0.717, 1.165) is 12.8 Å². The molecule has 0 aliphatic heterocycles. The van der Waals surface area contributed by atoms with Gasteiger partial charge >= 0.3 is 12.6 Å². The van der Waals surface area contributed by atoms with Crippen LogP contribution in [0.4, 0.5) is 8.78 Å². The molecule has 0 amide bonds. The molecule has 1 unspecified atom stereocenters. The molecule has 0 radical (unpaired) electrons. The van der Waals surface area contributed by atoms with Gasteiger partial charge in [0.15, 0.2) is 0 Å². The van der Waals surface area contributed by atoms with Gasteiger partial charge in [0, 0.05) is 6.04 Å². The molecule has 1 N–H and O–H groups in total. The van der Waals surface area contributed by atoms with Crippen LogP contribution in [0.1, 0.15) is 25.3 Å². The summed E-state index contributed by atoms with van der Waals surface area (Å²) in [6, 6.07) is 6.29. The van der Waals surface area contributed by atoms with Crippen LogP contribution in [-0.4, -0.2) is 25.7 Å². The van der Waals surface area contributed by atoms with E-state index in [4.69, 9.17) is 4.74 Å². The average molecular weight is 285 g/mol. The van der Waals surface area contributed by atoms with Crippen LogP contribution in [-0.2, 0) is 15.1 Å². The van der Waals surface area contributed by atoms with Crippen molar-refractivity contribution in [3.05, 3.63) is 29.8 Å². The van der Waals surface area contributed by atoms with Crippen LogP contribution in [0, 0.1) is 0 Å². The zero-order valence-corrected chi connectivity index (χ0v) is 11.4. The van der Waals surface area contributed by atoms with Crippen molar-refractivity contribution in [2.75, 3.05) is 7.11 Å². The quantitative estimate of drug-likeness (QED) is 0.815. The summed E-state index contributed by atoms with van der Waals surface area (Å²) < 4.78 is 33.4. The summed E-state index contributed by atoms with van der Waals surface area (Å²) in [4.78, 5) is 12.0. The minimum absolute atomic E-state index is 0.0578. The van der Waals surface area contributed by atoms with Crippen LogP contribution >= 0.6 is 0 Å². The molecule has 1 aliphatic carbocycles. The Morgan fingerprint density at radius 2 is 1.95 bits per heavy atom. The number of benzene rings is 1. The van der Waals surface area contributed by atoms with Crippen molar-refractivity contribution in [3.8, 4) is 5.75 Å². The van der Waals surface area contributed by atoms with E-state index >= 15 is 0 Å². The fourth-order valence-electron chi connectivity index (χ4n) is 2.07. The Balaban J connectivity index is 2.21. The lowest BCUT2D eigenvalue weighted by molar-refractivity contribution is -0.148. The molecule has 0 bridgehead atoms. The highest BCUT2D eigenvalue weighted by Gasteiger charge is 2.40. The first-order valence-electron chi connectivity index (χ1n) is 6.37. The molecule has 1 saturated carbocycles. The minimum Gasteiger partial charge on any atom is -0.467 e. The van der Waals surface area contributed by atoms with E-state index in [9.17, 15) is 13.6 Å². The number of rotatable bonds is 6. The van der Waals surface area contributed by atoms with Gasteiger partial charge in [-0.2, -0.15) is 8.78 Å². The van der Waals surface area contributed by atoms with Crippen LogP contribution in [0.3, 0.4) is 0 Å². The van der Waals surface area contributed by atoms with Gasteiger partial charge in [-0.05, 0) is 37.5 Å². The summed E-state index contributed by atoms with van der Waals surface area (Å²) in [7, 11) is 1.32. The smallest absolute Gasteiger partial charge is 0.387 e. The Kier molecular flexibility index (Phi) is 4.23. The molecule has 0 aromatic heterocycles. The molecule has 6 heteroatoms. The third-order valence-electron chi connectivity index (χ3n) is 3.32. The standard InChI is InChI=1S/C14H17F2NO3/c1-14(12(18)19-2,17-10-5-6-10)9-3-7-11(8-4-9)20-13(15)16/h3-4,7-8,10,13,17H,5-6H2,1-2H3. The van der Waals surface area contributed by atoms with Gasteiger partial charge in [0.2, 0.25) is 0 Å². The molecular weight excluding hydrogens is 268 g/mol. The lowest BCUT2D eigenvalue weighted by Crippen LogP contribution is -2.48. The summed E-state index contributed by atoms with van der Waals surface area (Å²) in [6.45, 7) is -1.14. The van der Waals surface area contributed by atoms with Crippen molar-refractivity contribution in [2.45, 2.75) is 38.0 Å². The maximum atomic E-state index is 12.1. The predicted molar refractivity (Wildman–Crippen MR) is 68.6 cm³/mol. The maximum Gasteiger partial charge on any atom is 0.387 e. The fourth-order valence-corrected chi connectivity index (χ4v) is 2.07. The number of carbonyl (C=O) groups is 1. The first-order chi connectivity index (χ1) is 9.45. The number of ether oxygens (including phenoxy) is 2.